The number of hydrogen-bond donors (Lipinski definition) is 0. The third-order valence-electron chi connectivity index (χ3n) is 2.40. The summed E-state index contributed by atoms with van der Waals surface area (Å²) in [6.45, 7) is 1.35. The highest BCUT2D eigenvalue weighted by atomic mass is 79.9. The van der Waals surface area contributed by atoms with Crippen molar-refractivity contribution in [3.05, 3.63) is 23.0 Å². The lowest BCUT2D eigenvalue weighted by atomic mass is 10.1. The number of ether oxygens (including phenoxy) is 2. The Hall–Kier alpha value is -1.52. The van der Waals surface area contributed by atoms with Gasteiger partial charge in [0.25, 0.3) is 0 Å². The van der Waals surface area contributed by atoms with Crippen LogP contribution in [0.15, 0.2) is 6.07 Å². The van der Waals surface area contributed by atoms with Gasteiger partial charge in [-0.2, -0.15) is 13.2 Å². The first-order valence-corrected chi connectivity index (χ1v) is 7.17. The minimum atomic E-state index is -5.14. The Morgan fingerprint density at radius 1 is 1.26 bits per heavy atom. The fourth-order valence-corrected chi connectivity index (χ4v) is 2.03. The van der Waals surface area contributed by atoms with Crippen LogP contribution in [0.5, 0.6) is 5.75 Å². The number of nitrogens with zero attached hydrogens (tertiary/aromatic N) is 1. The zero-order valence-corrected chi connectivity index (χ0v) is 13.1. The third-order valence-corrected chi connectivity index (χ3v) is 3.00. The molecule has 0 N–H and O–H groups in total. The van der Waals surface area contributed by atoms with Crippen molar-refractivity contribution in [2.24, 2.45) is 0 Å². The minimum Gasteiger partial charge on any atom is -0.466 e. The van der Waals surface area contributed by atoms with Crippen LogP contribution in [-0.2, 0) is 27.5 Å². The van der Waals surface area contributed by atoms with Gasteiger partial charge in [0.1, 0.15) is 5.69 Å². The van der Waals surface area contributed by atoms with E-state index in [1.54, 1.807) is 0 Å². The Bertz CT molecular complexity index is 573. The number of carbonyl (C=O) groups is 1. The predicted molar refractivity (Wildman–Crippen MR) is 68.9 cm³/mol. The van der Waals surface area contributed by atoms with Crippen LogP contribution in [0, 0.1) is 0 Å². The van der Waals surface area contributed by atoms with E-state index in [0.717, 1.165) is 0 Å². The summed E-state index contributed by atoms with van der Waals surface area (Å²) in [5, 5.41) is -0.400. The maximum atomic E-state index is 12.9. The first kappa shape index (κ1) is 19.5. The highest BCUT2D eigenvalue weighted by Crippen LogP contribution is 2.36. The van der Waals surface area contributed by atoms with Crippen molar-refractivity contribution in [3.8, 4) is 5.75 Å². The smallest absolute Gasteiger partial charge is 0.466 e. The molecule has 0 saturated heterocycles. The first-order chi connectivity index (χ1) is 10.5. The normalized spacial score (nSPS) is 12.2. The van der Waals surface area contributed by atoms with Crippen molar-refractivity contribution in [2.75, 3.05) is 6.61 Å². The lowest BCUT2D eigenvalue weighted by molar-refractivity contribution is -0.275. The topological polar surface area (TPSA) is 48.4 Å². The van der Waals surface area contributed by atoms with E-state index < -0.39 is 53.0 Å². The van der Waals surface area contributed by atoms with Gasteiger partial charge in [-0.15, -0.1) is 13.2 Å². The number of carbonyl (C=O) groups excluding carboxylic acids is 1. The SMILES string of the molecule is CCOC(=O)Cc1nc(C(F)(F)F)c(CBr)cc1OC(F)(F)F. The maximum Gasteiger partial charge on any atom is 0.573 e. The van der Waals surface area contributed by atoms with Crippen LogP contribution < -0.4 is 4.74 Å². The standard InChI is InChI=1S/C12H10BrF6NO3/c1-2-22-9(21)4-7-8(23-12(17,18)19)3-6(5-13)10(20-7)11(14,15)16/h3H,2,4-5H2,1H3. The molecule has 1 aromatic rings. The van der Waals surface area contributed by atoms with E-state index in [1.807, 2.05) is 0 Å². The van der Waals surface area contributed by atoms with Gasteiger partial charge in [0.05, 0.1) is 18.7 Å². The van der Waals surface area contributed by atoms with Crippen LogP contribution in [0.1, 0.15) is 23.9 Å². The molecule has 0 spiro atoms. The van der Waals surface area contributed by atoms with Gasteiger partial charge in [-0.3, -0.25) is 4.79 Å². The fraction of sp³-hybridized carbons (Fsp3) is 0.500. The van der Waals surface area contributed by atoms with Gasteiger partial charge in [-0.25, -0.2) is 4.98 Å². The van der Waals surface area contributed by atoms with Crippen LogP contribution in [0.2, 0.25) is 0 Å². The molecule has 1 heterocycles. The van der Waals surface area contributed by atoms with Crippen LogP contribution in [0.3, 0.4) is 0 Å². The predicted octanol–water partition coefficient (Wildman–Crippen LogP) is 4.00. The Labute approximate surface area is 134 Å². The van der Waals surface area contributed by atoms with E-state index in [4.69, 9.17) is 0 Å². The summed E-state index contributed by atoms with van der Waals surface area (Å²) in [7, 11) is 0. The van der Waals surface area contributed by atoms with E-state index in [-0.39, 0.29) is 6.61 Å². The van der Waals surface area contributed by atoms with Crippen LogP contribution >= 0.6 is 15.9 Å². The summed E-state index contributed by atoms with van der Waals surface area (Å²) >= 11 is 2.75. The summed E-state index contributed by atoms with van der Waals surface area (Å²) in [5.74, 6) is -2.00. The number of alkyl halides is 7. The van der Waals surface area contributed by atoms with E-state index in [1.165, 1.54) is 6.92 Å². The number of pyridine rings is 1. The van der Waals surface area contributed by atoms with Gasteiger partial charge >= 0.3 is 18.5 Å². The lowest BCUT2D eigenvalue weighted by Crippen LogP contribution is -2.22. The second-order valence-electron chi connectivity index (χ2n) is 4.10. The molecule has 0 aliphatic rings. The van der Waals surface area contributed by atoms with Crippen molar-refractivity contribution in [2.45, 2.75) is 31.2 Å². The van der Waals surface area contributed by atoms with Crippen LogP contribution in [0.4, 0.5) is 26.3 Å². The average molecular weight is 410 g/mol. The Morgan fingerprint density at radius 2 is 1.87 bits per heavy atom. The summed E-state index contributed by atoms with van der Waals surface area (Å²) in [6.07, 6.45) is -10.9. The van der Waals surface area contributed by atoms with Gasteiger partial charge in [0.15, 0.2) is 5.75 Å². The molecular formula is C12H10BrF6NO3. The summed E-state index contributed by atoms with van der Waals surface area (Å²) in [4.78, 5) is 14.5. The minimum absolute atomic E-state index is 0.0834. The van der Waals surface area contributed by atoms with Crippen molar-refractivity contribution >= 4 is 21.9 Å². The quantitative estimate of drug-likeness (QED) is 0.419. The number of halogens is 7. The molecule has 0 bridgehead atoms. The van der Waals surface area contributed by atoms with Crippen molar-refractivity contribution in [3.63, 3.8) is 0 Å². The summed E-state index contributed by atoms with van der Waals surface area (Å²) < 4.78 is 84.0. The number of hydrogen-bond acceptors (Lipinski definition) is 4. The molecule has 0 aliphatic carbocycles. The molecule has 23 heavy (non-hydrogen) atoms. The zero-order chi connectivity index (χ0) is 17.8. The third kappa shape index (κ3) is 5.88. The molecule has 1 aromatic heterocycles. The highest BCUT2D eigenvalue weighted by molar-refractivity contribution is 9.08. The second kappa shape index (κ2) is 7.37. The molecule has 130 valence electrons. The van der Waals surface area contributed by atoms with Crippen molar-refractivity contribution in [1.29, 1.82) is 0 Å². The van der Waals surface area contributed by atoms with Crippen molar-refractivity contribution < 1.29 is 40.6 Å². The molecule has 1 rings (SSSR count). The Kier molecular flexibility index (Phi) is 6.25. The molecule has 4 nitrogen and oxygen atoms in total. The molecule has 0 unspecified atom stereocenters. The first-order valence-electron chi connectivity index (χ1n) is 6.05. The van der Waals surface area contributed by atoms with E-state index in [0.29, 0.717) is 6.07 Å². The fourth-order valence-electron chi connectivity index (χ4n) is 1.61. The number of aromatic nitrogens is 1. The monoisotopic (exact) mass is 409 g/mol. The molecule has 0 saturated carbocycles. The van der Waals surface area contributed by atoms with Crippen molar-refractivity contribution in [1.82, 2.24) is 4.98 Å². The molecule has 0 atom stereocenters. The Morgan fingerprint density at radius 3 is 2.30 bits per heavy atom. The van der Waals surface area contributed by atoms with Gasteiger partial charge in [-0.05, 0) is 18.6 Å². The zero-order valence-electron chi connectivity index (χ0n) is 11.5. The molecule has 0 aliphatic heterocycles. The molecule has 0 aromatic carbocycles. The molecule has 0 radical (unpaired) electrons. The van der Waals surface area contributed by atoms with E-state index >= 15 is 0 Å². The average Bonchev–Trinajstić information content (AvgIpc) is 2.37. The maximum absolute atomic E-state index is 12.9. The second-order valence-corrected chi connectivity index (χ2v) is 4.66. The molecule has 11 heteroatoms. The van der Waals surface area contributed by atoms with E-state index in [9.17, 15) is 31.1 Å². The molecule has 0 amide bonds. The summed E-state index contributed by atoms with van der Waals surface area (Å²) in [5.41, 5.74) is -2.76. The molecular weight excluding hydrogens is 400 g/mol. The van der Waals surface area contributed by atoms with Gasteiger partial charge in [0.2, 0.25) is 0 Å². The van der Waals surface area contributed by atoms with Gasteiger partial charge < -0.3 is 9.47 Å². The number of esters is 1. The van der Waals surface area contributed by atoms with Crippen LogP contribution in [-0.4, -0.2) is 23.9 Å². The highest BCUT2D eigenvalue weighted by Gasteiger charge is 2.38. The largest absolute Gasteiger partial charge is 0.573 e. The van der Waals surface area contributed by atoms with E-state index in [2.05, 4.69) is 30.4 Å². The lowest BCUT2D eigenvalue weighted by Gasteiger charge is -2.17. The van der Waals surface area contributed by atoms with Crippen LogP contribution in [0.25, 0.3) is 0 Å². The van der Waals surface area contributed by atoms with Gasteiger partial charge in [-0.1, -0.05) is 15.9 Å². The summed E-state index contributed by atoms with van der Waals surface area (Å²) in [6, 6.07) is 0.548. The van der Waals surface area contributed by atoms with Gasteiger partial charge in [0, 0.05) is 5.33 Å². The Balaban J connectivity index is 3.38. The number of rotatable bonds is 5. The molecule has 0 fully saturated rings.